The van der Waals surface area contributed by atoms with Crippen molar-refractivity contribution in [3.8, 4) is 0 Å². The van der Waals surface area contributed by atoms with E-state index >= 15 is 0 Å². The Kier molecular flexibility index (Phi) is 4.66. The molecule has 0 aliphatic carbocycles. The minimum atomic E-state index is -0.489. The molecular formula is C8H16ClNO. The predicted molar refractivity (Wildman–Crippen MR) is 49.0 cm³/mol. The molecule has 0 rings (SSSR count). The molecule has 0 fully saturated rings. The van der Waals surface area contributed by atoms with Gasteiger partial charge in [-0.15, -0.1) is 11.6 Å². The number of nitrogens with zero attached hydrogens (tertiary/aromatic N) is 1. The minimum Gasteiger partial charge on any atom is -0.150 e. The van der Waals surface area contributed by atoms with Crippen molar-refractivity contribution < 1.29 is 0 Å². The van der Waals surface area contributed by atoms with Gasteiger partial charge in [0.05, 0.1) is 4.87 Å². The van der Waals surface area contributed by atoms with Crippen molar-refractivity contribution in [3.63, 3.8) is 0 Å². The van der Waals surface area contributed by atoms with Crippen LogP contribution in [0.2, 0.25) is 0 Å². The van der Waals surface area contributed by atoms with Crippen LogP contribution >= 0.6 is 11.6 Å². The largest absolute Gasteiger partial charge is 0.150 e. The molecule has 0 aliphatic heterocycles. The highest BCUT2D eigenvalue weighted by Crippen LogP contribution is 2.24. The summed E-state index contributed by atoms with van der Waals surface area (Å²) >= 11 is 5.94. The van der Waals surface area contributed by atoms with E-state index in [1.165, 1.54) is 0 Å². The zero-order valence-corrected chi connectivity index (χ0v) is 8.19. The quantitative estimate of drug-likeness (QED) is 0.468. The Bertz CT molecular complexity index is 120. The summed E-state index contributed by atoms with van der Waals surface area (Å²) in [5.74, 6) is 0. The molecule has 0 heterocycles. The fourth-order valence-electron chi connectivity index (χ4n) is 0.919. The van der Waals surface area contributed by atoms with Gasteiger partial charge in [0.1, 0.15) is 6.04 Å². The minimum absolute atomic E-state index is 0.246. The summed E-state index contributed by atoms with van der Waals surface area (Å²) in [7, 11) is 0. The highest BCUT2D eigenvalue weighted by molar-refractivity contribution is 6.23. The van der Waals surface area contributed by atoms with E-state index in [1.807, 2.05) is 13.8 Å². The van der Waals surface area contributed by atoms with E-state index in [0.717, 1.165) is 19.3 Å². The predicted octanol–water partition coefficient (Wildman–Crippen LogP) is 3.33. The molecule has 0 saturated heterocycles. The number of nitroso groups, excluding NO2 is 1. The first-order valence-corrected chi connectivity index (χ1v) is 4.41. The van der Waals surface area contributed by atoms with E-state index in [-0.39, 0.29) is 6.04 Å². The van der Waals surface area contributed by atoms with E-state index < -0.39 is 4.87 Å². The van der Waals surface area contributed by atoms with Crippen LogP contribution in [0.3, 0.4) is 0 Å². The number of unbranched alkanes of at least 4 members (excludes halogenated alkanes) is 1. The summed E-state index contributed by atoms with van der Waals surface area (Å²) in [6.45, 7) is 5.75. The smallest absolute Gasteiger partial charge is 0.110 e. The van der Waals surface area contributed by atoms with Crippen LogP contribution < -0.4 is 0 Å². The van der Waals surface area contributed by atoms with Gasteiger partial charge in [0, 0.05) is 0 Å². The fourth-order valence-corrected chi connectivity index (χ4v) is 1.07. The highest BCUT2D eigenvalue weighted by atomic mass is 35.5. The molecule has 3 heteroatoms. The van der Waals surface area contributed by atoms with Gasteiger partial charge in [0.25, 0.3) is 0 Å². The number of hydrogen-bond acceptors (Lipinski definition) is 2. The lowest BCUT2D eigenvalue weighted by atomic mass is 9.99. The van der Waals surface area contributed by atoms with Crippen molar-refractivity contribution in [2.45, 2.75) is 50.9 Å². The number of halogens is 1. The van der Waals surface area contributed by atoms with E-state index in [1.54, 1.807) is 0 Å². The van der Waals surface area contributed by atoms with Gasteiger partial charge in [-0.25, -0.2) is 0 Å². The van der Waals surface area contributed by atoms with E-state index in [0.29, 0.717) is 0 Å². The van der Waals surface area contributed by atoms with Gasteiger partial charge in [0.2, 0.25) is 0 Å². The van der Waals surface area contributed by atoms with Crippen molar-refractivity contribution in [2.24, 2.45) is 5.18 Å². The van der Waals surface area contributed by atoms with Gasteiger partial charge in [-0.1, -0.05) is 24.9 Å². The van der Waals surface area contributed by atoms with Crippen LogP contribution in [0.15, 0.2) is 5.18 Å². The molecule has 0 spiro atoms. The summed E-state index contributed by atoms with van der Waals surface area (Å²) in [6, 6.07) is -0.246. The van der Waals surface area contributed by atoms with Gasteiger partial charge >= 0.3 is 0 Å². The molecule has 0 bridgehead atoms. The topological polar surface area (TPSA) is 29.4 Å². The van der Waals surface area contributed by atoms with Crippen LogP contribution in [0.4, 0.5) is 0 Å². The molecule has 0 N–H and O–H groups in total. The van der Waals surface area contributed by atoms with Crippen LogP contribution in [-0.2, 0) is 0 Å². The molecule has 0 aromatic carbocycles. The molecule has 0 saturated carbocycles. The van der Waals surface area contributed by atoms with E-state index in [4.69, 9.17) is 11.6 Å². The Morgan fingerprint density at radius 1 is 1.55 bits per heavy atom. The van der Waals surface area contributed by atoms with Crippen LogP contribution in [0, 0.1) is 4.91 Å². The van der Waals surface area contributed by atoms with Gasteiger partial charge < -0.3 is 0 Å². The molecule has 11 heavy (non-hydrogen) atoms. The fraction of sp³-hybridized carbons (Fsp3) is 1.00. The van der Waals surface area contributed by atoms with Crippen LogP contribution in [0.1, 0.15) is 40.0 Å². The Morgan fingerprint density at radius 3 is 2.36 bits per heavy atom. The van der Waals surface area contributed by atoms with E-state index in [9.17, 15) is 4.91 Å². The highest BCUT2D eigenvalue weighted by Gasteiger charge is 2.27. The van der Waals surface area contributed by atoms with Gasteiger partial charge in [-0.05, 0) is 20.3 Å². The summed E-state index contributed by atoms with van der Waals surface area (Å²) in [5.41, 5.74) is 0. The lowest BCUT2D eigenvalue weighted by Crippen LogP contribution is -2.28. The first kappa shape index (κ1) is 10.9. The maximum absolute atomic E-state index is 10.3. The van der Waals surface area contributed by atoms with Gasteiger partial charge in [-0.2, -0.15) is 4.91 Å². The molecule has 0 aliphatic rings. The SMILES string of the molecule is CCCCC(N=O)C(C)(C)Cl. The summed E-state index contributed by atoms with van der Waals surface area (Å²) < 4.78 is 0. The Labute approximate surface area is 73.3 Å². The molecule has 66 valence electrons. The zero-order valence-electron chi connectivity index (χ0n) is 7.43. The third-order valence-electron chi connectivity index (χ3n) is 1.75. The first-order chi connectivity index (χ1) is 5.02. The van der Waals surface area contributed by atoms with Crippen LogP contribution in [-0.4, -0.2) is 10.9 Å². The standard InChI is InChI=1S/C8H16ClNO/c1-4-5-6-7(10-11)8(2,3)9/h7H,4-6H2,1-3H3. The summed E-state index contributed by atoms with van der Waals surface area (Å²) in [5, 5.41) is 3.01. The average molecular weight is 178 g/mol. The van der Waals surface area contributed by atoms with Crippen LogP contribution in [0.5, 0.6) is 0 Å². The van der Waals surface area contributed by atoms with Crippen LogP contribution in [0.25, 0.3) is 0 Å². The Hall–Kier alpha value is -0.110. The third-order valence-corrected chi connectivity index (χ3v) is 2.00. The molecule has 1 atom stereocenters. The van der Waals surface area contributed by atoms with Crippen molar-refractivity contribution in [2.75, 3.05) is 0 Å². The molecule has 0 amide bonds. The average Bonchev–Trinajstić information content (AvgIpc) is 1.87. The second kappa shape index (κ2) is 4.70. The molecule has 0 aromatic rings. The number of rotatable bonds is 5. The lowest BCUT2D eigenvalue weighted by molar-refractivity contribution is 0.477. The monoisotopic (exact) mass is 177 g/mol. The first-order valence-electron chi connectivity index (χ1n) is 4.03. The number of alkyl halides is 1. The molecule has 2 nitrogen and oxygen atoms in total. The second-order valence-corrected chi connectivity index (χ2v) is 4.30. The molecule has 0 aromatic heterocycles. The van der Waals surface area contributed by atoms with Crippen molar-refractivity contribution in [1.29, 1.82) is 0 Å². The van der Waals surface area contributed by atoms with Gasteiger partial charge in [-0.3, -0.25) is 0 Å². The third kappa shape index (κ3) is 4.35. The van der Waals surface area contributed by atoms with Gasteiger partial charge in [0.15, 0.2) is 0 Å². The van der Waals surface area contributed by atoms with E-state index in [2.05, 4.69) is 12.1 Å². The second-order valence-electron chi connectivity index (χ2n) is 3.33. The number of hydrogen-bond donors (Lipinski definition) is 0. The summed E-state index contributed by atoms with van der Waals surface area (Å²) in [6.07, 6.45) is 2.90. The zero-order chi connectivity index (χ0) is 8.91. The van der Waals surface area contributed by atoms with Crippen molar-refractivity contribution in [3.05, 3.63) is 4.91 Å². The maximum Gasteiger partial charge on any atom is 0.110 e. The maximum atomic E-state index is 10.3. The summed E-state index contributed by atoms with van der Waals surface area (Å²) in [4.78, 5) is 9.83. The van der Waals surface area contributed by atoms with Crippen molar-refractivity contribution in [1.82, 2.24) is 0 Å². The normalized spacial score (nSPS) is 14.5. The van der Waals surface area contributed by atoms with Crippen molar-refractivity contribution >= 4 is 11.6 Å². The molecule has 0 radical (unpaired) electrons. The molecular weight excluding hydrogens is 162 g/mol. The lowest BCUT2D eigenvalue weighted by Gasteiger charge is -2.21. The Balaban J connectivity index is 3.86. The molecule has 1 unspecified atom stereocenters. The Morgan fingerprint density at radius 2 is 2.09 bits per heavy atom.